The second kappa shape index (κ2) is 6.46. The molecule has 2 fully saturated rings. The number of thioether (sulfide) groups is 1. The van der Waals surface area contributed by atoms with Crippen LogP contribution in [0.1, 0.15) is 33.1 Å². The fourth-order valence-electron chi connectivity index (χ4n) is 3.02. The number of nitrogens with two attached hydrogens (primary N) is 1. The van der Waals surface area contributed by atoms with Crippen LogP contribution in [0.4, 0.5) is 0 Å². The van der Waals surface area contributed by atoms with Crippen LogP contribution >= 0.6 is 11.8 Å². The van der Waals surface area contributed by atoms with Crippen molar-refractivity contribution < 1.29 is 4.79 Å². The van der Waals surface area contributed by atoms with Crippen LogP contribution in [0.3, 0.4) is 0 Å². The summed E-state index contributed by atoms with van der Waals surface area (Å²) in [6.45, 7) is 9.12. The molecular weight excluding hydrogens is 258 g/mol. The van der Waals surface area contributed by atoms with Crippen molar-refractivity contribution in [1.82, 2.24) is 9.80 Å². The van der Waals surface area contributed by atoms with E-state index in [1.54, 1.807) is 0 Å². The van der Waals surface area contributed by atoms with E-state index in [-0.39, 0.29) is 10.8 Å². The lowest BCUT2D eigenvalue weighted by atomic mass is 10.1. The van der Waals surface area contributed by atoms with Crippen molar-refractivity contribution in [3.05, 3.63) is 0 Å². The molecule has 2 N–H and O–H groups in total. The zero-order valence-electron chi connectivity index (χ0n) is 12.2. The van der Waals surface area contributed by atoms with Crippen LogP contribution < -0.4 is 5.73 Å². The van der Waals surface area contributed by atoms with Crippen molar-refractivity contribution in [2.75, 3.05) is 38.5 Å². The molecular formula is C14H27N3OS. The maximum atomic E-state index is 12.3. The van der Waals surface area contributed by atoms with E-state index in [2.05, 4.69) is 18.7 Å². The van der Waals surface area contributed by atoms with Gasteiger partial charge in [0.05, 0.1) is 0 Å². The van der Waals surface area contributed by atoms with E-state index in [1.165, 1.54) is 0 Å². The van der Waals surface area contributed by atoms with Gasteiger partial charge < -0.3 is 10.6 Å². The number of hydrogen-bond acceptors (Lipinski definition) is 4. The molecule has 0 bridgehead atoms. The third-order valence-corrected chi connectivity index (χ3v) is 5.41. The highest BCUT2D eigenvalue weighted by Crippen LogP contribution is 2.30. The van der Waals surface area contributed by atoms with E-state index in [1.807, 2.05) is 16.7 Å². The van der Waals surface area contributed by atoms with Gasteiger partial charge in [-0.2, -0.15) is 11.8 Å². The van der Waals surface area contributed by atoms with E-state index in [0.29, 0.717) is 18.9 Å². The van der Waals surface area contributed by atoms with Crippen LogP contribution in [0.25, 0.3) is 0 Å². The number of likely N-dealkylation sites (tertiary alicyclic amines) is 1. The maximum Gasteiger partial charge on any atom is 0.224 e. The fraction of sp³-hybridized carbons (Fsp3) is 0.929. The Kier molecular flexibility index (Phi) is 5.15. The smallest absolute Gasteiger partial charge is 0.224 e. The molecule has 4 nitrogen and oxygen atoms in total. The minimum atomic E-state index is 0.216. The minimum Gasteiger partial charge on any atom is -0.343 e. The topological polar surface area (TPSA) is 49.6 Å². The van der Waals surface area contributed by atoms with Crippen molar-refractivity contribution in [1.29, 1.82) is 0 Å². The van der Waals surface area contributed by atoms with Gasteiger partial charge in [0.2, 0.25) is 5.91 Å². The minimum absolute atomic E-state index is 0.216. The molecule has 2 rings (SSSR count). The molecule has 1 amide bonds. The summed E-state index contributed by atoms with van der Waals surface area (Å²) >= 11 is 2.02. The summed E-state index contributed by atoms with van der Waals surface area (Å²) in [5, 5.41) is 0. The van der Waals surface area contributed by atoms with Crippen LogP contribution in [0.15, 0.2) is 0 Å². The number of carbonyl (C=O) groups is 1. The lowest BCUT2D eigenvalue weighted by Crippen LogP contribution is -2.52. The first kappa shape index (κ1) is 15.1. The lowest BCUT2D eigenvalue weighted by Gasteiger charge is -2.41. The SMILES string of the molecule is CC1(C)CN(C(CN)CC(=O)N2CCCC2)CCS1. The van der Waals surface area contributed by atoms with E-state index in [0.717, 1.165) is 44.8 Å². The van der Waals surface area contributed by atoms with Crippen molar-refractivity contribution >= 4 is 17.7 Å². The summed E-state index contributed by atoms with van der Waals surface area (Å²) in [5.74, 6) is 1.44. The van der Waals surface area contributed by atoms with Crippen molar-refractivity contribution in [2.24, 2.45) is 5.73 Å². The first-order chi connectivity index (χ1) is 9.02. The third kappa shape index (κ3) is 4.10. The van der Waals surface area contributed by atoms with Crippen LogP contribution in [0, 0.1) is 0 Å². The molecule has 1 unspecified atom stereocenters. The van der Waals surface area contributed by atoms with Gasteiger partial charge >= 0.3 is 0 Å². The Labute approximate surface area is 121 Å². The normalized spacial score (nSPS) is 25.5. The highest BCUT2D eigenvalue weighted by Gasteiger charge is 2.32. The van der Waals surface area contributed by atoms with E-state index >= 15 is 0 Å². The quantitative estimate of drug-likeness (QED) is 0.842. The standard InChI is InChI=1S/C14H27N3OS/c1-14(2)11-17(7-8-19-14)12(10-15)9-13(18)16-5-3-4-6-16/h12H,3-11,15H2,1-2H3. The van der Waals surface area contributed by atoms with Crippen molar-refractivity contribution in [3.63, 3.8) is 0 Å². The summed E-state index contributed by atoms with van der Waals surface area (Å²) in [6.07, 6.45) is 2.91. The highest BCUT2D eigenvalue weighted by molar-refractivity contribution is 8.00. The Morgan fingerprint density at radius 2 is 2.00 bits per heavy atom. The highest BCUT2D eigenvalue weighted by atomic mass is 32.2. The predicted octanol–water partition coefficient (Wildman–Crippen LogP) is 1.15. The molecule has 0 saturated carbocycles. The van der Waals surface area contributed by atoms with Gasteiger partial charge in [0.15, 0.2) is 0 Å². The van der Waals surface area contributed by atoms with Crippen molar-refractivity contribution in [2.45, 2.75) is 43.9 Å². The van der Waals surface area contributed by atoms with Crippen LogP contribution in [-0.2, 0) is 4.79 Å². The van der Waals surface area contributed by atoms with E-state index in [9.17, 15) is 4.79 Å². The lowest BCUT2D eigenvalue weighted by molar-refractivity contribution is -0.131. The predicted molar refractivity (Wildman–Crippen MR) is 81.4 cm³/mol. The van der Waals surface area contributed by atoms with Gasteiger partial charge in [-0.15, -0.1) is 0 Å². The van der Waals surface area contributed by atoms with E-state index < -0.39 is 0 Å². The molecule has 2 heterocycles. The molecule has 0 spiro atoms. The number of carbonyl (C=O) groups excluding carboxylic acids is 1. The molecule has 0 radical (unpaired) electrons. The average molecular weight is 285 g/mol. The Morgan fingerprint density at radius 3 is 2.58 bits per heavy atom. The summed E-state index contributed by atoms with van der Waals surface area (Å²) < 4.78 is 0.280. The summed E-state index contributed by atoms with van der Waals surface area (Å²) in [4.78, 5) is 16.7. The van der Waals surface area contributed by atoms with Gasteiger partial charge in [0, 0.05) is 55.7 Å². The Hall–Kier alpha value is -0.260. The summed E-state index contributed by atoms with van der Waals surface area (Å²) in [7, 11) is 0. The Bertz CT molecular complexity index is 316. The van der Waals surface area contributed by atoms with Gasteiger partial charge in [-0.3, -0.25) is 9.69 Å². The maximum absolute atomic E-state index is 12.3. The number of rotatable bonds is 4. The zero-order chi connectivity index (χ0) is 13.9. The van der Waals surface area contributed by atoms with Gasteiger partial charge in [0.1, 0.15) is 0 Å². The Morgan fingerprint density at radius 1 is 1.32 bits per heavy atom. The molecule has 0 aromatic heterocycles. The summed E-state index contributed by atoms with van der Waals surface area (Å²) in [5.41, 5.74) is 5.92. The largest absolute Gasteiger partial charge is 0.343 e. The molecule has 2 saturated heterocycles. The first-order valence-electron chi connectivity index (χ1n) is 7.38. The molecule has 19 heavy (non-hydrogen) atoms. The van der Waals surface area contributed by atoms with Gasteiger partial charge in [0.25, 0.3) is 0 Å². The first-order valence-corrected chi connectivity index (χ1v) is 8.36. The number of amides is 1. The van der Waals surface area contributed by atoms with Gasteiger partial charge in [-0.1, -0.05) is 0 Å². The fourth-order valence-corrected chi connectivity index (χ4v) is 4.16. The average Bonchev–Trinajstić information content (AvgIpc) is 2.88. The molecule has 1 atom stereocenters. The monoisotopic (exact) mass is 285 g/mol. The number of hydrogen-bond donors (Lipinski definition) is 1. The molecule has 0 aromatic carbocycles. The molecule has 5 heteroatoms. The molecule has 2 aliphatic rings. The van der Waals surface area contributed by atoms with E-state index in [4.69, 9.17) is 5.73 Å². The van der Waals surface area contributed by atoms with Gasteiger partial charge in [-0.05, 0) is 26.7 Å². The number of nitrogens with zero attached hydrogens (tertiary/aromatic N) is 2. The second-order valence-corrected chi connectivity index (χ2v) is 8.06. The molecule has 110 valence electrons. The molecule has 2 aliphatic heterocycles. The third-order valence-electron chi connectivity index (χ3n) is 4.11. The van der Waals surface area contributed by atoms with Crippen LogP contribution in [0.5, 0.6) is 0 Å². The second-order valence-electron chi connectivity index (χ2n) is 6.26. The zero-order valence-corrected chi connectivity index (χ0v) is 13.0. The molecule has 0 aliphatic carbocycles. The van der Waals surface area contributed by atoms with Gasteiger partial charge in [-0.25, -0.2) is 0 Å². The summed E-state index contributed by atoms with van der Waals surface area (Å²) in [6, 6.07) is 0.216. The van der Waals surface area contributed by atoms with Crippen LogP contribution in [0.2, 0.25) is 0 Å². The van der Waals surface area contributed by atoms with Crippen molar-refractivity contribution in [3.8, 4) is 0 Å². The molecule has 0 aromatic rings. The Balaban J connectivity index is 1.90. The van der Waals surface area contributed by atoms with Crippen LogP contribution in [-0.4, -0.2) is 65.0 Å².